The second kappa shape index (κ2) is 10.8. The summed E-state index contributed by atoms with van der Waals surface area (Å²) in [5.74, 6) is -0.0532. The number of benzene rings is 3. The van der Waals surface area contributed by atoms with Crippen LogP contribution in [0.25, 0.3) is 11.3 Å². The van der Waals surface area contributed by atoms with Gasteiger partial charge in [-0.2, -0.15) is 0 Å². The summed E-state index contributed by atoms with van der Waals surface area (Å²) < 4.78 is 5.64. The van der Waals surface area contributed by atoms with Crippen molar-refractivity contribution in [2.24, 2.45) is 0 Å². The van der Waals surface area contributed by atoms with E-state index in [1.54, 1.807) is 30.3 Å². The summed E-state index contributed by atoms with van der Waals surface area (Å²) in [5.41, 5.74) is 2.42. The van der Waals surface area contributed by atoms with Gasteiger partial charge in [-0.05, 0) is 42.5 Å². The molecule has 5 rings (SSSR count). The number of halogens is 1. The molecule has 0 aliphatic carbocycles. The molecule has 1 aliphatic rings. The maximum Gasteiger partial charge on any atom is 0.291 e. The molecule has 0 unspecified atom stereocenters. The van der Waals surface area contributed by atoms with Gasteiger partial charge in [0.15, 0.2) is 5.76 Å². The molecular formula is C28H23ClN4O5. The van der Waals surface area contributed by atoms with Crippen molar-refractivity contribution in [3.63, 3.8) is 0 Å². The fourth-order valence-corrected chi connectivity index (χ4v) is 4.64. The Hall–Kier alpha value is -4.63. The van der Waals surface area contributed by atoms with Crippen LogP contribution in [0.15, 0.2) is 89.3 Å². The van der Waals surface area contributed by atoms with E-state index >= 15 is 0 Å². The SMILES string of the molecule is O=C(Nc1ccc(N2CCN(C(=O)c3ccccc3)CC2)c(Cl)c1)c1ccc(-c2cccc([N+](=O)[O-])c2)o1. The number of carbonyl (C=O) groups excluding carboxylic acids is 2. The van der Waals surface area contributed by atoms with E-state index < -0.39 is 10.8 Å². The second-order valence-electron chi connectivity index (χ2n) is 8.74. The van der Waals surface area contributed by atoms with Gasteiger partial charge >= 0.3 is 0 Å². The molecule has 1 saturated heterocycles. The van der Waals surface area contributed by atoms with Crippen LogP contribution in [0.2, 0.25) is 5.02 Å². The first-order valence-corrected chi connectivity index (χ1v) is 12.3. The molecule has 1 fully saturated rings. The molecule has 1 aliphatic heterocycles. The Morgan fingerprint density at radius 1 is 0.895 bits per heavy atom. The fraction of sp³-hybridized carbons (Fsp3) is 0.143. The van der Waals surface area contributed by atoms with Crippen LogP contribution in [-0.2, 0) is 0 Å². The summed E-state index contributed by atoms with van der Waals surface area (Å²) in [6, 6.07) is 23.6. The molecule has 1 aromatic heterocycles. The summed E-state index contributed by atoms with van der Waals surface area (Å²) in [5, 5.41) is 14.3. The predicted molar refractivity (Wildman–Crippen MR) is 145 cm³/mol. The lowest BCUT2D eigenvalue weighted by Gasteiger charge is -2.36. The van der Waals surface area contributed by atoms with E-state index in [1.807, 2.05) is 41.3 Å². The lowest BCUT2D eigenvalue weighted by atomic mass is 10.1. The van der Waals surface area contributed by atoms with E-state index in [0.29, 0.717) is 53.8 Å². The first-order valence-electron chi connectivity index (χ1n) is 11.9. The van der Waals surface area contributed by atoms with E-state index in [0.717, 1.165) is 5.69 Å². The van der Waals surface area contributed by atoms with Crippen molar-refractivity contribution >= 4 is 40.5 Å². The molecule has 1 N–H and O–H groups in total. The Kier molecular flexibility index (Phi) is 7.10. The van der Waals surface area contributed by atoms with E-state index in [2.05, 4.69) is 10.2 Å². The van der Waals surface area contributed by atoms with Crippen LogP contribution in [0.5, 0.6) is 0 Å². The largest absolute Gasteiger partial charge is 0.451 e. The Labute approximate surface area is 223 Å². The van der Waals surface area contributed by atoms with Crippen molar-refractivity contribution in [2.45, 2.75) is 0 Å². The third-order valence-electron chi connectivity index (χ3n) is 6.31. The molecule has 0 atom stereocenters. The highest BCUT2D eigenvalue weighted by atomic mass is 35.5. The Balaban J connectivity index is 1.21. The number of furan rings is 1. The molecule has 9 nitrogen and oxygen atoms in total. The van der Waals surface area contributed by atoms with Gasteiger partial charge in [0, 0.05) is 55.1 Å². The normalized spacial score (nSPS) is 13.3. The number of non-ortho nitro benzene ring substituents is 1. The van der Waals surface area contributed by atoms with Gasteiger partial charge in [-0.15, -0.1) is 0 Å². The number of nitrogens with one attached hydrogen (secondary N) is 1. The molecular weight excluding hydrogens is 508 g/mol. The summed E-state index contributed by atoms with van der Waals surface area (Å²) in [7, 11) is 0. The number of hydrogen-bond acceptors (Lipinski definition) is 6. The molecule has 2 heterocycles. The summed E-state index contributed by atoms with van der Waals surface area (Å²) in [6.07, 6.45) is 0. The average molecular weight is 531 g/mol. The van der Waals surface area contributed by atoms with Crippen LogP contribution in [0.1, 0.15) is 20.9 Å². The van der Waals surface area contributed by atoms with E-state index in [9.17, 15) is 19.7 Å². The zero-order valence-electron chi connectivity index (χ0n) is 20.2. The Bertz CT molecular complexity index is 1500. The number of rotatable bonds is 6. The molecule has 0 radical (unpaired) electrons. The number of nitrogens with zero attached hydrogens (tertiary/aromatic N) is 3. The van der Waals surface area contributed by atoms with Crippen LogP contribution in [-0.4, -0.2) is 47.8 Å². The number of nitro benzene ring substituents is 1. The number of carbonyl (C=O) groups is 2. The van der Waals surface area contributed by atoms with Gasteiger partial charge in [-0.25, -0.2) is 0 Å². The standard InChI is InChI=1S/C28H23ClN4O5/c29-23-18-21(30-27(34)26-12-11-25(38-26)20-7-4-8-22(17-20)33(36)37)9-10-24(23)31-13-15-32(16-14-31)28(35)19-5-2-1-3-6-19/h1-12,17-18H,13-16H2,(H,30,34). The first kappa shape index (κ1) is 25.0. The van der Waals surface area contributed by atoms with Gasteiger partial charge in [-0.3, -0.25) is 19.7 Å². The topological polar surface area (TPSA) is 109 Å². The molecule has 4 aromatic rings. The Morgan fingerprint density at radius 2 is 1.66 bits per heavy atom. The van der Waals surface area contributed by atoms with Crippen molar-refractivity contribution in [3.05, 3.63) is 111 Å². The maximum absolute atomic E-state index is 12.7. The summed E-state index contributed by atoms with van der Waals surface area (Å²) in [4.78, 5) is 39.9. The number of amides is 2. The number of hydrogen-bond donors (Lipinski definition) is 1. The van der Waals surface area contributed by atoms with Gasteiger partial charge < -0.3 is 19.5 Å². The zero-order chi connectivity index (χ0) is 26.6. The minimum Gasteiger partial charge on any atom is -0.451 e. The van der Waals surface area contributed by atoms with Crippen molar-refractivity contribution in [1.29, 1.82) is 0 Å². The van der Waals surface area contributed by atoms with Crippen LogP contribution < -0.4 is 10.2 Å². The van der Waals surface area contributed by atoms with E-state index in [4.69, 9.17) is 16.0 Å². The predicted octanol–water partition coefficient (Wildman–Crippen LogP) is 5.72. The van der Waals surface area contributed by atoms with Crippen LogP contribution in [0.3, 0.4) is 0 Å². The molecule has 10 heteroatoms. The molecule has 38 heavy (non-hydrogen) atoms. The van der Waals surface area contributed by atoms with Gasteiger partial charge in [0.1, 0.15) is 5.76 Å². The monoisotopic (exact) mass is 530 g/mol. The molecule has 3 aromatic carbocycles. The minimum atomic E-state index is -0.488. The zero-order valence-corrected chi connectivity index (χ0v) is 20.9. The third kappa shape index (κ3) is 5.37. The summed E-state index contributed by atoms with van der Waals surface area (Å²) in [6.45, 7) is 2.43. The van der Waals surface area contributed by atoms with Crippen molar-refractivity contribution < 1.29 is 18.9 Å². The molecule has 2 amide bonds. The van der Waals surface area contributed by atoms with Crippen LogP contribution in [0, 0.1) is 10.1 Å². The van der Waals surface area contributed by atoms with Gasteiger partial charge in [0.25, 0.3) is 17.5 Å². The lowest BCUT2D eigenvalue weighted by molar-refractivity contribution is -0.384. The molecule has 192 valence electrons. The summed E-state index contributed by atoms with van der Waals surface area (Å²) >= 11 is 6.56. The smallest absolute Gasteiger partial charge is 0.291 e. The van der Waals surface area contributed by atoms with Crippen molar-refractivity contribution in [3.8, 4) is 11.3 Å². The lowest BCUT2D eigenvalue weighted by Crippen LogP contribution is -2.48. The first-order chi connectivity index (χ1) is 18.4. The molecule has 0 saturated carbocycles. The molecule has 0 spiro atoms. The number of nitro groups is 1. The maximum atomic E-state index is 12.7. The average Bonchev–Trinajstić information content (AvgIpc) is 3.44. The highest BCUT2D eigenvalue weighted by molar-refractivity contribution is 6.33. The highest BCUT2D eigenvalue weighted by Gasteiger charge is 2.23. The van der Waals surface area contributed by atoms with Crippen molar-refractivity contribution in [2.75, 3.05) is 36.4 Å². The third-order valence-corrected chi connectivity index (χ3v) is 6.61. The molecule has 0 bridgehead atoms. The van der Waals surface area contributed by atoms with Crippen LogP contribution >= 0.6 is 11.6 Å². The van der Waals surface area contributed by atoms with Gasteiger partial charge in [0.2, 0.25) is 0 Å². The second-order valence-corrected chi connectivity index (χ2v) is 9.14. The van der Waals surface area contributed by atoms with Crippen molar-refractivity contribution in [1.82, 2.24) is 4.90 Å². The quantitative estimate of drug-likeness (QED) is 0.252. The fourth-order valence-electron chi connectivity index (χ4n) is 4.34. The number of piperazine rings is 1. The van der Waals surface area contributed by atoms with E-state index in [-0.39, 0.29) is 17.4 Å². The van der Waals surface area contributed by atoms with Crippen LogP contribution in [0.4, 0.5) is 17.1 Å². The minimum absolute atomic E-state index is 0.0148. The highest BCUT2D eigenvalue weighted by Crippen LogP contribution is 2.31. The Morgan fingerprint density at radius 3 is 2.37 bits per heavy atom. The van der Waals surface area contributed by atoms with Gasteiger partial charge in [-0.1, -0.05) is 41.9 Å². The number of anilines is 2. The van der Waals surface area contributed by atoms with Gasteiger partial charge in [0.05, 0.1) is 15.6 Å². The van der Waals surface area contributed by atoms with E-state index in [1.165, 1.54) is 18.2 Å².